The maximum atomic E-state index is 12.9. The van der Waals surface area contributed by atoms with E-state index >= 15 is 0 Å². The number of hydrogen-bond acceptors (Lipinski definition) is 8. The van der Waals surface area contributed by atoms with Crippen molar-refractivity contribution >= 4 is 52.4 Å². The first-order valence-electron chi connectivity index (χ1n) is 10.1. The minimum atomic E-state index is -1.91. The zero-order valence-corrected chi connectivity index (χ0v) is 17.4. The Hall–Kier alpha value is -3.21. The predicted molar refractivity (Wildman–Crippen MR) is 122 cm³/mol. The summed E-state index contributed by atoms with van der Waals surface area (Å²) in [5.41, 5.74) is 1.06. The molecule has 3 aromatic rings. The zero-order chi connectivity index (χ0) is 22.9. The number of nitrogens with one attached hydrogen (secondary N) is 3. The van der Waals surface area contributed by atoms with Crippen LogP contribution in [0.1, 0.15) is 29.6 Å². The number of aromatic nitrogens is 4. The first-order valence-corrected chi connectivity index (χ1v) is 10.1. The van der Waals surface area contributed by atoms with E-state index in [-0.39, 0.29) is 23.9 Å². The van der Waals surface area contributed by atoms with Gasteiger partial charge in [0.15, 0.2) is 5.65 Å². The molecule has 4 rings (SSSR count). The van der Waals surface area contributed by atoms with Gasteiger partial charge in [0.1, 0.15) is 46.4 Å². The van der Waals surface area contributed by atoms with Crippen LogP contribution >= 0.6 is 0 Å². The van der Waals surface area contributed by atoms with Crippen molar-refractivity contribution < 1.29 is 14.6 Å². The normalized spacial score (nSPS) is 18.4. The molecule has 3 heterocycles. The van der Waals surface area contributed by atoms with Crippen molar-refractivity contribution in [3.63, 3.8) is 0 Å². The molecule has 0 bridgehead atoms. The number of aliphatic hydroxyl groups excluding tert-OH is 1. The van der Waals surface area contributed by atoms with E-state index in [0.29, 0.717) is 41.4 Å². The molecule has 2 atom stereocenters. The lowest BCUT2D eigenvalue weighted by molar-refractivity contribution is 0.0935. The van der Waals surface area contributed by atoms with E-state index < -0.39 is 5.30 Å². The maximum Gasteiger partial charge on any atom is 0.256 e. The van der Waals surface area contributed by atoms with Crippen LogP contribution in [0.2, 0.25) is 0 Å². The van der Waals surface area contributed by atoms with Crippen molar-refractivity contribution in [3.05, 3.63) is 36.2 Å². The standard InChI is InChI=1S/C19H20B3N7O3/c1-23-15-8-14(27-13-3-2-6-24-18(13)32-19(20,21)22)28-16-12(9-25-29(15)16)17(31)26-10-4-5-11(30)7-10/h2-3,6,8-11,23,30H,4-5,7H2,1H3,(H,26,31)(H,27,28)/t10-,11-/m1/s1. The van der Waals surface area contributed by atoms with Crippen LogP contribution in [-0.2, 0) is 0 Å². The van der Waals surface area contributed by atoms with E-state index in [2.05, 4.69) is 31.0 Å². The first-order chi connectivity index (χ1) is 15.2. The lowest BCUT2D eigenvalue weighted by atomic mass is 9.52. The van der Waals surface area contributed by atoms with E-state index in [9.17, 15) is 9.90 Å². The Balaban J connectivity index is 1.65. The number of rotatable bonds is 7. The molecule has 1 aliphatic carbocycles. The number of pyridine rings is 1. The molecule has 0 aromatic carbocycles. The summed E-state index contributed by atoms with van der Waals surface area (Å²) in [5.74, 6) is 0.751. The van der Waals surface area contributed by atoms with Crippen molar-refractivity contribution in [1.29, 1.82) is 0 Å². The summed E-state index contributed by atoms with van der Waals surface area (Å²) in [6, 6.07) is 4.99. The highest BCUT2D eigenvalue weighted by molar-refractivity contribution is 6.58. The molecule has 1 fully saturated rings. The number of carbonyl (C=O) groups excluding carboxylic acids is 1. The molecule has 1 amide bonds. The number of nitrogens with zero attached hydrogens (tertiary/aromatic N) is 4. The van der Waals surface area contributed by atoms with Gasteiger partial charge in [0.05, 0.1) is 12.3 Å². The number of carbonyl (C=O) groups is 1. The molecule has 1 saturated carbocycles. The van der Waals surface area contributed by atoms with Crippen molar-refractivity contribution in [2.75, 3.05) is 17.7 Å². The van der Waals surface area contributed by atoms with E-state index in [4.69, 9.17) is 28.3 Å². The van der Waals surface area contributed by atoms with Crippen LogP contribution in [0.5, 0.6) is 5.88 Å². The monoisotopic (exact) mass is 427 g/mol. The highest BCUT2D eigenvalue weighted by Crippen LogP contribution is 2.28. The van der Waals surface area contributed by atoms with Crippen LogP contribution in [0.25, 0.3) is 5.65 Å². The van der Waals surface area contributed by atoms with Gasteiger partial charge in [-0.1, -0.05) is 0 Å². The van der Waals surface area contributed by atoms with Gasteiger partial charge in [-0.2, -0.15) is 9.61 Å². The largest absolute Gasteiger partial charge is 0.499 e. The summed E-state index contributed by atoms with van der Waals surface area (Å²) >= 11 is 0. The SMILES string of the molecule is [B]C([B])([B])Oc1ncccc1Nc1cc(NC)n2ncc(C(=O)N[C@@H]3CC[C@@H](O)C3)c2n1. The molecule has 6 radical (unpaired) electrons. The van der Waals surface area contributed by atoms with Crippen LogP contribution in [0, 0.1) is 0 Å². The number of aliphatic hydroxyl groups is 1. The van der Waals surface area contributed by atoms with E-state index in [1.165, 1.54) is 16.9 Å². The molecule has 10 nitrogen and oxygen atoms in total. The Labute approximate surface area is 188 Å². The van der Waals surface area contributed by atoms with E-state index in [1.54, 1.807) is 25.2 Å². The van der Waals surface area contributed by atoms with Gasteiger partial charge in [-0.15, -0.1) is 0 Å². The van der Waals surface area contributed by atoms with Crippen LogP contribution in [0.3, 0.4) is 0 Å². The topological polar surface area (TPSA) is 126 Å². The second kappa shape index (κ2) is 8.74. The summed E-state index contributed by atoms with van der Waals surface area (Å²) in [4.78, 5) is 21.5. The zero-order valence-electron chi connectivity index (χ0n) is 17.4. The number of ether oxygens (including phenoxy) is 1. The van der Waals surface area contributed by atoms with Gasteiger partial charge in [-0.05, 0) is 36.7 Å². The molecule has 0 saturated heterocycles. The molecule has 0 aliphatic heterocycles. The third-order valence-corrected chi connectivity index (χ3v) is 5.02. The fraction of sp³-hybridized carbons (Fsp3) is 0.368. The number of anilines is 3. The first kappa shape index (κ1) is 22.0. The minimum Gasteiger partial charge on any atom is -0.499 e. The van der Waals surface area contributed by atoms with Crippen molar-refractivity contribution in [1.82, 2.24) is 24.9 Å². The molecule has 32 heavy (non-hydrogen) atoms. The van der Waals surface area contributed by atoms with E-state index in [1.807, 2.05) is 0 Å². The summed E-state index contributed by atoms with van der Waals surface area (Å²) in [5, 5.41) is 21.1. The molecule has 1 aliphatic rings. The lowest BCUT2D eigenvalue weighted by Crippen LogP contribution is -2.38. The maximum absolute atomic E-state index is 12.9. The molecule has 4 N–H and O–H groups in total. The molecule has 0 unspecified atom stereocenters. The fourth-order valence-corrected chi connectivity index (χ4v) is 3.59. The summed E-state index contributed by atoms with van der Waals surface area (Å²) in [6.45, 7) is 0. The highest BCUT2D eigenvalue weighted by Gasteiger charge is 2.26. The number of amides is 1. The average Bonchev–Trinajstić information content (AvgIpc) is 3.33. The molecule has 158 valence electrons. The second-order valence-corrected chi connectivity index (χ2v) is 7.64. The highest BCUT2D eigenvalue weighted by atomic mass is 16.5. The third-order valence-electron chi connectivity index (χ3n) is 5.02. The van der Waals surface area contributed by atoms with Crippen LogP contribution in [-0.4, -0.2) is 78.6 Å². The average molecular weight is 427 g/mol. The van der Waals surface area contributed by atoms with Crippen molar-refractivity contribution in [2.24, 2.45) is 0 Å². The van der Waals surface area contributed by atoms with Gasteiger partial charge >= 0.3 is 0 Å². The second-order valence-electron chi connectivity index (χ2n) is 7.64. The van der Waals surface area contributed by atoms with Crippen molar-refractivity contribution in [2.45, 2.75) is 36.7 Å². The third kappa shape index (κ3) is 4.82. The Kier molecular flexibility index (Phi) is 6.01. The summed E-state index contributed by atoms with van der Waals surface area (Å²) in [7, 11) is 18.3. The molecule has 13 heteroatoms. The predicted octanol–water partition coefficient (Wildman–Crippen LogP) is 0.0484. The Morgan fingerprint density at radius 1 is 1.34 bits per heavy atom. The van der Waals surface area contributed by atoms with Crippen LogP contribution in [0.4, 0.5) is 17.3 Å². The minimum absolute atomic E-state index is 0.0824. The molecule has 3 aromatic heterocycles. The van der Waals surface area contributed by atoms with Crippen LogP contribution in [0.15, 0.2) is 30.6 Å². The van der Waals surface area contributed by atoms with Gasteiger partial charge in [0.2, 0.25) is 5.88 Å². The summed E-state index contributed by atoms with van der Waals surface area (Å²) in [6.07, 6.45) is 4.49. The Bertz CT molecular complexity index is 1140. The van der Waals surface area contributed by atoms with Gasteiger partial charge in [-0.3, -0.25) is 4.79 Å². The van der Waals surface area contributed by atoms with Gasteiger partial charge < -0.3 is 25.8 Å². The number of fused-ring (bicyclic) bond motifs is 1. The Morgan fingerprint density at radius 2 is 2.16 bits per heavy atom. The Morgan fingerprint density at radius 3 is 2.84 bits per heavy atom. The molecular formula is C19H20B3N7O3. The number of hydrogen-bond donors (Lipinski definition) is 4. The fourth-order valence-electron chi connectivity index (χ4n) is 3.59. The van der Waals surface area contributed by atoms with E-state index in [0.717, 1.165) is 6.42 Å². The molecule has 0 spiro atoms. The summed E-state index contributed by atoms with van der Waals surface area (Å²) < 4.78 is 6.82. The van der Waals surface area contributed by atoms with Crippen LogP contribution < -0.4 is 20.7 Å². The lowest BCUT2D eigenvalue weighted by Gasteiger charge is -2.24. The van der Waals surface area contributed by atoms with Gasteiger partial charge in [-0.25, -0.2) is 9.97 Å². The van der Waals surface area contributed by atoms with Crippen molar-refractivity contribution in [3.8, 4) is 5.88 Å². The quantitative estimate of drug-likeness (QED) is 0.390. The smallest absolute Gasteiger partial charge is 0.256 e. The molecular weight excluding hydrogens is 407 g/mol. The van der Waals surface area contributed by atoms with Gasteiger partial charge in [0.25, 0.3) is 5.91 Å². The van der Waals surface area contributed by atoms with Gasteiger partial charge in [0, 0.05) is 25.4 Å².